The van der Waals surface area contributed by atoms with E-state index in [9.17, 15) is 9.90 Å². The van der Waals surface area contributed by atoms with Gasteiger partial charge in [-0.05, 0) is 17.7 Å². The minimum absolute atomic E-state index is 0.147. The Bertz CT molecular complexity index is 683. The number of halogens is 1. The second-order valence-electron chi connectivity index (χ2n) is 4.45. The fourth-order valence-corrected chi connectivity index (χ4v) is 2.86. The number of aromatic nitrogens is 2. The van der Waals surface area contributed by atoms with Crippen molar-refractivity contribution in [3.63, 3.8) is 0 Å². The van der Waals surface area contributed by atoms with Gasteiger partial charge >= 0.3 is 5.97 Å². The number of aromatic amines is 1. The molecule has 6 nitrogen and oxygen atoms in total. The maximum absolute atomic E-state index is 11.1. The van der Waals surface area contributed by atoms with Crippen LogP contribution in [0.2, 0.25) is 0 Å². The largest absolute Gasteiger partial charge is 0.493 e. The molecule has 0 radical (unpaired) electrons. The predicted octanol–water partition coefficient (Wildman–Crippen LogP) is 1.89. The number of carboxylic acid groups (broad SMARTS) is 1. The molecule has 0 fully saturated rings. The SMILES string of the molecule is O=C(O)c1nc[nH]c1C(O)c1cc(Br)cc2c1OCC2. The van der Waals surface area contributed by atoms with E-state index in [4.69, 9.17) is 9.84 Å². The minimum Gasteiger partial charge on any atom is -0.493 e. The summed E-state index contributed by atoms with van der Waals surface area (Å²) < 4.78 is 6.35. The Labute approximate surface area is 122 Å². The van der Waals surface area contributed by atoms with Crippen LogP contribution in [0.4, 0.5) is 0 Å². The van der Waals surface area contributed by atoms with Gasteiger partial charge in [0.15, 0.2) is 5.69 Å². The Kier molecular flexibility index (Phi) is 3.23. The Morgan fingerprint density at radius 2 is 2.30 bits per heavy atom. The Balaban J connectivity index is 2.09. The standard InChI is InChI=1S/C13H11BrN2O4/c14-7-3-6-1-2-20-12(6)8(4-7)11(17)9-10(13(18)19)16-5-15-9/h3-5,11,17H,1-2H2,(H,15,16)(H,18,19). The van der Waals surface area contributed by atoms with Gasteiger partial charge in [-0.15, -0.1) is 0 Å². The number of rotatable bonds is 3. The fourth-order valence-electron chi connectivity index (χ4n) is 2.34. The van der Waals surface area contributed by atoms with Crippen molar-refractivity contribution in [2.24, 2.45) is 0 Å². The summed E-state index contributed by atoms with van der Waals surface area (Å²) >= 11 is 3.39. The first-order valence-electron chi connectivity index (χ1n) is 5.97. The molecule has 1 aliphatic rings. The van der Waals surface area contributed by atoms with Gasteiger partial charge in [0, 0.05) is 16.5 Å². The van der Waals surface area contributed by atoms with Gasteiger partial charge in [-0.2, -0.15) is 0 Å². The second kappa shape index (κ2) is 4.92. The third kappa shape index (κ3) is 2.08. The van der Waals surface area contributed by atoms with E-state index < -0.39 is 12.1 Å². The number of aliphatic hydroxyl groups is 1. The van der Waals surface area contributed by atoms with Crippen molar-refractivity contribution >= 4 is 21.9 Å². The molecule has 0 bridgehead atoms. The van der Waals surface area contributed by atoms with Crippen molar-refractivity contribution in [1.82, 2.24) is 9.97 Å². The van der Waals surface area contributed by atoms with Crippen molar-refractivity contribution in [3.8, 4) is 5.75 Å². The zero-order chi connectivity index (χ0) is 14.3. The van der Waals surface area contributed by atoms with Crippen LogP contribution in [0.15, 0.2) is 22.9 Å². The number of hydrogen-bond donors (Lipinski definition) is 3. The van der Waals surface area contributed by atoms with Crippen molar-refractivity contribution in [2.75, 3.05) is 6.61 Å². The lowest BCUT2D eigenvalue weighted by Gasteiger charge is -2.14. The first-order chi connectivity index (χ1) is 9.58. The Morgan fingerprint density at radius 1 is 1.50 bits per heavy atom. The number of benzene rings is 1. The molecule has 1 unspecified atom stereocenters. The maximum atomic E-state index is 11.1. The van der Waals surface area contributed by atoms with E-state index in [2.05, 4.69) is 25.9 Å². The van der Waals surface area contributed by atoms with E-state index >= 15 is 0 Å². The molecule has 1 aliphatic heterocycles. The quantitative estimate of drug-likeness (QED) is 0.794. The van der Waals surface area contributed by atoms with Gasteiger partial charge in [0.1, 0.15) is 11.9 Å². The average molecular weight is 339 g/mol. The average Bonchev–Trinajstić information content (AvgIpc) is 3.04. The topological polar surface area (TPSA) is 95.4 Å². The zero-order valence-electron chi connectivity index (χ0n) is 10.3. The van der Waals surface area contributed by atoms with Gasteiger partial charge in [-0.3, -0.25) is 0 Å². The van der Waals surface area contributed by atoms with Crippen LogP contribution in [0, 0.1) is 0 Å². The summed E-state index contributed by atoms with van der Waals surface area (Å²) in [5.41, 5.74) is 1.47. The number of hydrogen-bond acceptors (Lipinski definition) is 4. The first-order valence-corrected chi connectivity index (χ1v) is 6.77. The summed E-state index contributed by atoms with van der Waals surface area (Å²) in [5.74, 6) is -0.570. The highest BCUT2D eigenvalue weighted by atomic mass is 79.9. The summed E-state index contributed by atoms with van der Waals surface area (Å²) in [5, 5.41) is 19.5. The molecule has 1 aromatic carbocycles. The molecular weight excluding hydrogens is 328 g/mol. The normalized spacial score (nSPS) is 14.7. The smallest absolute Gasteiger partial charge is 0.356 e. The number of aliphatic hydroxyl groups excluding tert-OH is 1. The van der Waals surface area contributed by atoms with Crippen LogP contribution in [0.1, 0.15) is 33.4 Å². The van der Waals surface area contributed by atoms with Crippen molar-refractivity contribution in [2.45, 2.75) is 12.5 Å². The van der Waals surface area contributed by atoms with Crippen LogP contribution in [-0.4, -0.2) is 32.8 Å². The molecule has 0 saturated carbocycles. The third-order valence-electron chi connectivity index (χ3n) is 3.22. The molecule has 3 N–H and O–H groups in total. The summed E-state index contributed by atoms with van der Waals surface area (Å²) in [7, 11) is 0. The van der Waals surface area contributed by atoms with Gasteiger partial charge < -0.3 is 19.9 Å². The molecule has 7 heteroatoms. The number of ether oxygens (including phenoxy) is 1. The fraction of sp³-hybridized carbons (Fsp3) is 0.231. The molecule has 0 aliphatic carbocycles. The number of carboxylic acids is 1. The number of carbonyl (C=O) groups is 1. The molecule has 0 spiro atoms. The predicted molar refractivity (Wildman–Crippen MR) is 72.9 cm³/mol. The molecule has 104 valence electrons. The van der Waals surface area contributed by atoms with Gasteiger partial charge in [-0.1, -0.05) is 15.9 Å². The number of imidazole rings is 1. The number of fused-ring (bicyclic) bond motifs is 1. The zero-order valence-corrected chi connectivity index (χ0v) is 11.8. The molecule has 0 saturated heterocycles. The van der Waals surface area contributed by atoms with Crippen LogP contribution in [-0.2, 0) is 6.42 Å². The number of aromatic carboxylic acids is 1. The van der Waals surface area contributed by atoms with Crippen molar-refractivity contribution in [1.29, 1.82) is 0 Å². The van der Waals surface area contributed by atoms with Crippen LogP contribution in [0.25, 0.3) is 0 Å². The highest BCUT2D eigenvalue weighted by Crippen LogP contribution is 2.38. The molecule has 0 amide bonds. The lowest BCUT2D eigenvalue weighted by atomic mass is 10.0. The molecule has 2 aromatic rings. The highest BCUT2D eigenvalue weighted by molar-refractivity contribution is 9.10. The van der Waals surface area contributed by atoms with Crippen LogP contribution in [0.3, 0.4) is 0 Å². The Morgan fingerprint density at radius 3 is 3.05 bits per heavy atom. The van der Waals surface area contributed by atoms with Gasteiger partial charge in [0.05, 0.1) is 18.6 Å². The molecule has 1 atom stereocenters. The van der Waals surface area contributed by atoms with Crippen LogP contribution in [0.5, 0.6) is 5.75 Å². The van der Waals surface area contributed by atoms with Crippen LogP contribution >= 0.6 is 15.9 Å². The number of H-pyrrole nitrogens is 1. The van der Waals surface area contributed by atoms with E-state index in [0.29, 0.717) is 17.9 Å². The minimum atomic E-state index is -1.19. The van der Waals surface area contributed by atoms with Gasteiger partial charge in [-0.25, -0.2) is 9.78 Å². The Hall–Kier alpha value is -1.86. The highest BCUT2D eigenvalue weighted by Gasteiger charge is 2.27. The number of nitrogens with zero attached hydrogens (tertiary/aromatic N) is 1. The molecular formula is C13H11BrN2O4. The molecule has 1 aromatic heterocycles. The lowest BCUT2D eigenvalue weighted by Crippen LogP contribution is -2.09. The monoisotopic (exact) mass is 338 g/mol. The molecule has 3 rings (SSSR count). The van der Waals surface area contributed by atoms with Crippen LogP contribution < -0.4 is 4.74 Å². The first kappa shape index (κ1) is 13.1. The van der Waals surface area contributed by atoms with Crippen molar-refractivity contribution in [3.05, 3.63) is 45.4 Å². The summed E-state index contributed by atoms with van der Waals surface area (Å²) in [6.07, 6.45) is 0.887. The number of nitrogens with one attached hydrogen (secondary N) is 1. The van der Waals surface area contributed by atoms with E-state index in [1.807, 2.05) is 6.07 Å². The summed E-state index contributed by atoms with van der Waals surface area (Å²) in [4.78, 5) is 17.5. The molecule has 2 heterocycles. The van der Waals surface area contributed by atoms with Gasteiger partial charge in [0.2, 0.25) is 0 Å². The third-order valence-corrected chi connectivity index (χ3v) is 3.67. The van der Waals surface area contributed by atoms with E-state index in [1.54, 1.807) is 6.07 Å². The van der Waals surface area contributed by atoms with E-state index in [0.717, 1.165) is 16.5 Å². The summed E-state index contributed by atoms with van der Waals surface area (Å²) in [6.45, 7) is 0.556. The summed E-state index contributed by atoms with van der Waals surface area (Å²) in [6, 6.07) is 3.66. The van der Waals surface area contributed by atoms with E-state index in [-0.39, 0.29) is 11.4 Å². The van der Waals surface area contributed by atoms with Crippen molar-refractivity contribution < 1.29 is 19.7 Å². The lowest BCUT2D eigenvalue weighted by molar-refractivity contribution is 0.0685. The van der Waals surface area contributed by atoms with Gasteiger partial charge in [0.25, 0.3) is 0 Å². The van der Waals surface area contributed by atoms with E-state index in [1.165, 1.54) is 6.33 Å². The second-order valence-corrected chi connectivity index (χ2v) is 5.37. The maximum Gasteiger partial charge on any atom is 0.356 e. The molecule has 20 heavy (non-hydrogen) atoms.